The summed E-state index contributed by atoms with van der Waals surface area (Å²) in [6.07, 6.45) is 0. The van der Waals surface area contributed by atoms with Gasteiger partial charge in [0.25, 0.3) is 0 Å². The molecule has 0 saturated heterocycles. The van der Waals surface area contributed by atoms with Crippen LogP contribution in [0.1, 0.15) is 25.0 Å². The topological polar surface area (TPSA) is 50.7 Å². The van der Waals surface area contributed by atoms with Crippen LogP contribution in [0.4, 0.5) is 0 Å². The fourth-order valence-corrected chi connectivity index (χ4v) is 1.77. The molecule has 0 aromatic heterocycles. The van der Waals surface area contributed by atoms with Crippen LogP contribution >= 0.6 is 0 Å². The standard InChI is InChI=1S/C14H23NO3/c1-10-6-11(17-4)7-13(18-5)12(10)8-15-9-14(2,3)16/h6-7,15-16H,8-9H2,1-5H3. The predicted octanol–water partition coefficient (Wildman–Crippen LogP) is 1.87. The second-order valence-electron chi connectivity index (χ2n) is 5.04. The Hall–Kier alpha value is -1.26. The van der Waals surface area contributed by atoms with E-state index in [2.05, 4.69) is 5.32 Å². The van der Waals surface area contributed by atoms with Gasteiger partial charge in [-0.1, -0.05) is 0 Å². The van der Waals surface area contributed by atoms with Crippen molar-refractivity contribution in [1.29, 1.82) is 0 Å². The lowest BCUT2D eigenvalue weighted by Gasteiger charge is -2.19. The summed E-state index contributed by atoms with van der Waals surface area (Å²) < 4.78 is 10.6. The summed E-state index contributed by atoms with van der Waals surface area (Å²) in [7, 11) is 3.29. The van der Waals surface area contributed by atoms with Gasteiger partial charge in [0.05, 0.1) is 19.8 Å². The molecule has 18 heavy (non-hydrogen) atoms. The molecule has 0 aliphatic heterocycles. The lowest BCUT2D eigenvalue weighted by Crippen LogP contribution is -2.34. The van der Waals surface area contributed by atoms with E-state index in [-0.39, 0.29) is 0 Å². The molecule has 0 spiro atoms. The van der Waals surface area contributed by atoms with E-state index >= 15 is 0 Å². The number of aryl methyl sites for hydroxylation is 1. The predicted molar refractivity (Wildman–Crippen MR) is 72.3 cm³/mol. The van der Waals surface area contributed by atoms with E-state index in [9.17, 15) is 5.11 Å². The van der Waals surface area contributed by atoms with Crippen molar-refractivity contribution in [3.05, 3.63) is 23.3 Å². The highest BCUT2D eigenvalue weighted by Crippen LogP contribution is 2.28. The number of nitrogens with one attached hydrogen (secondary N) is 1. The maximum absolute atomic E-state index is 9.66. The van der Waals surface area contributed by atoms with E-state index in [0.717, 1.165) is 22.6 Å². The zero-order chi connectivity index (χ0) is 13.8. The Morgan fingerprint density at radius 1 is 1.22 bits per heavy atom. The molecular weight excluding hydrogens is 230 g/mol. The van der Waals surface area contributed by atoms with Crippen molar-refractivity contribution in [2.45, 2.75) is 32.9 Å². The summed E-state index contributed by atoms with van der Waals surface area (Å²) >= 11 is 0. The maximum atomic E-state index is 9.66. The second-order valence-corrected chi connectivity index (χ2v) is 5.04. The smallest absolute Gasteiger partial charge is 0.127 e. The molecule has 1 rings (SSSR count). The van der Waals surface area contributed by atoms with Crippen LogP contribution in [0, 0.1) is 6.92 Å². The third-order valence-electron chi connectivity index (χ3n) is 2.72. The quantitative estimate of drug-likeness (QED) is 0.812. The van der Waals surface area contributed by atoms with Crippen molar-refractivity contribution in [2.75, 3.05) is 20.8 Å². The lowest BCUT2D eigenvalue weighted by atomic mass is 10.1. The minimum atomic E-state index is -0.715. The molecule has 4 nitrogen and oxygen atoms in total. The molecule has 4 heteroatoms. The van der Waals surface area contributed by atoms with Gasteiger partial charge >= 0.3 is 0 Å². The van der Waals surface area contributed by atoms with E-state index in [1.807, 2.05) is 19.1 Å². The summed E-state index contributed by atoms with van der Waals surface area (Å²) in [6.45, 7) is 6.76. The molecule has 0 heterocycles. The van der Waals surface area contributed by atoms with Crippen molar-refractivity contribution in [3.8, 4) is 11.5 Å². The fraction of sp³-hybridized carbons (Fsp3) is 0.571. The van der Waals surface area contributed by atoms with Crippen LogP contribution in [0.25, 0.3) is 0 Å². The van der Waals surface area contributed by atoms with Crippen LogP contribution in [-0.4, -0.2) is 31.5 Å². The number of hydrogen-bond donors (Lipinski definition) is 2. The first-order valence-electron chi connectivity index (χ1n) is 6.02. The van der Waals surface area contributed by atoms with E-state index in [0.29, 0.717) is 13.1 Å². The lowest BCUT2D eigenvalue weighted by molar-refractivity contribution is 0.0794. The number of ether oxygens (including phenoxy) is 2. The number of rotatable bonds is 6. The zero-order valence-electron chi connectivity index (χ0n) is 11.8. The maximum Gasteiger partial charge on any atom is 0.127 e. The number of hydrogen-bond acceptors (Lipinski definition) is 4. The number of methoxy groups -OCH3 is 2. The first-order valence-corrected chi connectivity index (χ1v) is 6.02. The van der Waals surface area contributed by atoms with Gasteiger partial charge in [-0.2, -0.15) is 0 Å². The van der Waals surface area contributed by atoms with E-state index in [4.69, 9.17) is 9.47 Å². The van der Waals surface area contributed by atoms with Crippen molar-refractivity contribution in [3.63, 3.8) is 0 Å². The Balaban J connectivity index is 2.81. The normalized spacial score (nSPS) is 11.4. The molecule has 0 aliphatic rings. The van der Waals surface area contributed by atoms with Gasteiger partial charge in [-0.15, -0.1) is 0 Å². The van der Waals surface area contributed by atoms with Crippen molar-refractivity contribution >= 4 is 0 Å². The second kappa shape index (κ2) is 6.07. The van der Waals surface area contributed by atoms with Gasteiger partial charge in [-0.3, -0.25) is 0 Å². The number of aliphatic hydroxyl groups is 1. The van der Waals surface area contributed by atoms with Crippen LogP contribution in [-0.2, 0) is 6.54 Å². The van der Waals surface area contributed by atoms with Crippen molar-refractivity contribution in [2.24, 2.45) is 0 Å². The van der Waals surface area contributed by atoms with Gasteiger partial charge in [0, 0.05) is 24.7 Å². The fourth-order valence-electron chi connectivity index (χ4n) is 1.77. The Bertz CT molecular complexity index is 397. The monoisotopic (exact) mass is 253 g/mol. The largest absolute Gasteiger partial charge is 0.497 e. The van der Waals surface area contributed by atoms with Crippen LogP contribution in [0.15, 0.2) is 12.1 Å². The molecule has 0 aliphatic carbocycles. The minimum Gasteiger partial charge on any atom is -0.497 e. The van der Waals surface area contributed by atoms with Gasteiger partial charge in [0.1, 0.15) is 11.5 Å². The average molecular weight is 253 g/mol. The van der Waals surface area contributed by atoms with Crippen LogP contribution in [0.3, 0.4) is 0 Å². The summed E-state index contributed by atoms with van der Waals surface area (Å²) in [5.41, 5.74) is 1.48. The van der Waals surface area contributed by atoms with Crippen molar-refractivity contribution in [1.82, 2.24) is 5.32 Å². The van der Waals surface area contributed by atoms with E-state index < -0.39 is 5.60 Å². The van der Waals surface area contributed by atoms with Crippen LogP contribution in [0.2, 0.25) is 0 Å². The third kappa shape index (κ3) is 4.20. The molecular formula is C14H23NO3. The Labute approximate surface area is 109 Å². The van der Waals surface area contributed by atoms with Crippen molar-refractivity contribution < 1.29 is 14.6 Å². The number of benzene rings is 1. The van der Waals surface area contributed by atoms with Crippen LogP contribution in [0.5, 0.6) is 11.5 Å². The molecule has 0 radical (unpaired) electrons. The van der Waals surface area contributed by atoms with Gasteiger partial charge in [0.15, 0.2) is 0 Å². The Morgan fingerprint density at radius 2 is 1.89 bits per heavy atom. The first-order chi connectivity index (χ1) is 8.37. The molecule has 0 atom stereocenters. The molecule has 0 fully saturated rings. The summed E-state index contributed by atoms with van der Waals surface area (Å²) in [5.74, 6) is 1.59. The van der Waals surface area contributed by atoms with E-state index in [1.54, 1.807) is 28.1 Å². The van der Waals surface area contributed by atoms with Gasteiger partial charge in [-0.05, 0) is 32.4 Å². The van der Waals surface area contributed by atoms with Gasteiger partial charge in [-0.25, -0.2) is 0 Å². The highest BCUT2D eigenvalue weighted by Gasteiger charge is 2.13. The van der Waals surface area contributed by atoms with E-state index in [1.165, 1.54) is 0 Å². The van der Waals surface area contributed by atoms with Gasteiger partial charge in [0.2, 0.25) is 0 Å². The Kier molecular flexibility index (Phi) is 4.99. The summed E-state index contributed by atoms with van der Waals surface area (Å²) in [5, 5.41) is 12.9. The molecule has 102 valence electrons. The molecule has 0 bridgehead atoms. The molecule has 0 saturated carbocycles. The average Bonchev–Trinajstić information content (AvgIpc) is 2.29. The summed E-state index contributed by atoms with van der Waals surface area (Å²) in [6, 6.07) is 3.84. The Morgan fingerprint density at radius 3 is 2.39 bits per heavy atom. The molecule has 0 unspecified atom stereocenters. The highest BCUT2D eigenvalue weighted by atomic mass is 16.5. The third-order valence-corrected chi connectivity index (χ3v) is 2.72. The molecule has 0 amide bonds. The minimum absolute atomic E-state index is 0.529. The van der Waals surface area contributed by atoms with Crippen LogP contribution < -0.4 is 14.8 Å². The first kappa shape index (κ1) is 14.8. The zero-order valence-corrected chi connectivity index (χ0v) is 11.8. The van der Waals surface area contributed by atoms with Gasteiger partial charge < -0.3 is 19.9 Å². The SMILES string of the molecule is COc1cc(C)c(CNCC(C)(C)O)c(OC)c1. The molecule has 1 aromatic carbocycles. The summed E-state index contributed by atoms with van der Waals surface area (Å²) in [4.78, 5) is 0. The molecule has 1 aromatic rings. The highest BCUT2D eigenvalue weighted by molar-refractivity contribution is 5.46. The molecule has 2 N–H and O–H groups in total.